The van der Waals surface area contributed by atoms with Crippen LogP contribution in [0.1, 0.15) is 25.7 Å². The van der Waals surface area contributed by atoms with Crippen molar-refractivity contribution in [2.24, 2.45) is 17.6 Å². The van der Waals surface area contributed by atoms with Crippen LogP contribution in [0.25, 0.3) is 0 Å². The molecular weight excluding hydrogens is 258 g/mol. The van der Waals surface area contributed by atoms with Crippen LogP contribution < -0.4 is 11.1 Å². The first kappa shape index (κ1) is 15.3. The molecule has 114 valence electrons. The zero-order valence-electron chi connectivity index (χ0n) is 12.1. The summed E-state index contributed by atoms with van der Waals surface area (Å²) in [6.45, 7) is 2.53. The summed E-state index contributed by atoms with van der Waals surface area (Å²) in [5, 5.41) is 3.53. The summed E-state index contributed by atoms with van der Waals surface area (Å²) in [6, 6.07) is 0.229. The molecular formula is C14H25N3O3. The van der Waals surface area contributed by atoms with E-state index in [0.29, 0.717) is 6.54 Å². The summed E-state index contributed by atoms with van der Waals surface area (Å²) >= 11 is 0. The van der Waals surface area contributed by atoms with E-state index in [9.17, 15) is 9.59 Å². The van der Waals surface area contributed by atoms with E-state index in [2.05, 4.69) is 5.32 Å². The number of nitrogens with zero attached hydrogens (tertiary/aromatic N) is 1. The number of hydrogen-bond acceptors (Lipinski definition) is 5. The molecule has 6 heteroatoms. The van der Waals surface area contributed by atoms with E-state index in [1.165, 1.54) is 26.4 Å². The number of primary amides is 1. The highest BCUT2D eigenvalue weighted by molar-refractivity contribution is 5.76. The van der Waals surface area contributed by atoms with Crippen LogP contribution in [0.2, 0.25) is 0 Å². The van der Waals surface area contributed by atoms with Gasteiger partial charge in [0.15, 0.2) is 0 Å². The summed E-state index contributed by atoms with van der Waals surface area (Å²) in [5.74, 6) is 0.0490. The van der Waals surface area contributed by atoms with Gasteiger partial charge in [-0.2, -0.15) is 0 Å². The Bertz CT molecular complexity index is 358. The number of carbonyl (C=O) groups is 2. The number of esters is 1. The fourth-order valence-corrected chi connectivity index (χ4v) is 3.06. The molecule has 1 saturated carbocycles. The predicted molar refractivity (Wildman–Crippen MR) is 74.9 cm³/mol. The molecule has 2 unspecified atom stereocenters. The van der Waals surface area contributed by atoms with Gasteiger partial charge >= 0.3 is 5.97 Å². The Balaban J connectivity index is 1.87. The van der Waals surface area contributed by atoms with Crippen molar-refractivity contribution in [3.05, 3.63) is 0 Å². The first-order chi connectivity index (χ1) is 9.58. The number of ether oxygens (including phenoxy) is 1. The van der Waals surface area contributed by atoms with Gasteiger partial charge in [0.2, 0.25) is 5.91 Å². The molecule has 20 heavy (non-hydrogen) atoms. The highest BCUT2D eigenvalue weighted by Gasteiger charge is 2.33. The molecule has 0 aromatic carbocycles. The third kappa shape index (κ3) is 4.18. The number of amides is 1. The van der Waals surface area contributed by atoms with Gasteiger partial charge in [-0.25, -0.2) is 0 Å². The van der Waals surface area contributed by atoms with Gasteiger partial charge in [-0.05, 0) is 31.7 Å². The maximum atomic E-state index is 11.8. The quantitative estimate of drug-likeness (QED) is 0.655. The Hall–Kier alpha value is -1.14. The van der Waals surface area contributed by atoms with Crippen LogP contribution in [0.3, 0.4) is 0 Å². The monoisotopic (exact) mass is 283 g/mol. The summed E-state index contributed by atoms with van der Waals surface area (Å²) < 4.78 is 4.84. The fourth-order valence-electron chi connectivity index (χ4n) is 3.06. The first-order valence-electron chi connectivity index (χ1n) is 7.40. The van der Waals surface area contributed by atoms with Gasteiger partial charge in [-0.1, -0.05) is 6.42 Å². The molecule has 6 nitrogen and oxygen atoms in total. The van der Waals surface area contributed by atoms with E-state index in [4.69, 9.17) is 10.5 Å². The number of rotatable bonds is 6. The zero-order valence-corrected chi connectivity index (χ0v) is 12.1. The minimum Gasteiger partial charge on any atom is -0.469 e. The highest BCUT2D eigenvalue weighted by Crippen LogP contribution is 2.26. The van der Waals surface area contributed by atoms with Gasteiger partial charge < -0.3 is 15.8 Å². The second-order valence-electron chi connectivity index (χ2n) is 6.02. The van der Waals surface area contributed by atoms with Gasteiger partial charge in [-0.15, -0.1) is 0 Å². The summed E-state index contributed by atoms with van der Waals surface area (Å²) in [6.07, 6.45) is 4.69. The lowest BCUT2D eigenvalue weighted by Gasteiger charge is -2.37. The molecule has 2 rings (SSSR count). The zero-order chi connectivity index (χ0) is 14.5. The molecule has 1 amide bonds. The Morgan fingerprint density at radius 1 is 1.35 bits per heavy atom. The molecule has 2 aliphatic rings. The largest absolute Gasteiger partial charge is 0.469 e. The topological polar surface area (TPSA) is 84.7 Å². The van der Waals surface area contributed by atoms with Crippen LogP contribution in [0.5, 0.6) is 0 Å². The maximum absolute atomic E-state index is 11.8. The highest BCUT2D eigenvalue weighted by atomic mass is 16.5. The number of carbonyl (C=O) groups excluding carboxylic acids is 2. The minimum absolute atomic E-state index is 0.174. The SMILES string of the molecule is COC(=O)C1CC(NCC2CCC2)CN(CC(N)=O)C1. The number of nitrogens with two attached hydrogens (primary N) is 1. The Labute approximate surface area is 120 Å². The number of methoxy groups -OCH3 is 1. The smallest absolute Gasteiger partial charge is 0.310 e. The number of piperidine rings is 1. The van der Waals surface area contributed by atoms with E-state index < -0.39 is 0 Å². The predicted octanol–water partition coefficient (Wildman–Crippen LogP) is -0.275. The van der Waals surface area contributed by atoms with Crippen molar-refractivity contribution in [2.45, 2.75) is 31.7 Å². The van der Waals surface area contributed by atoms with Crippen LogP contribution in [-0.4, -0.2) is 56.1 Å². The van der Waals surface area contributed by atoms with Crippen LogP contribution in [0.4, 0.5) is 0 Å². The van der Waals surface area contributed by atoms with E-state index >= 15 is 0 Å². The molecule has 1 heterocycles. The van der Waals surface area contributed by atoms with E-state index in [-0.39, 0.29) is 30.4 Å². The Morgan fingerprint density at radius 3 is 2.65 bits per heavy atom. The lowest BCUT2D eigenvalue weighted by molar-refractivity contribution is -0.148. The van der Waals surface area contributed by atoms with Crippen molar-refractivity contribution in [3.63, 3.8) is 0 Å². The molecule has 0 aromatic rings. The van der Waals surface area contributed by atoms with Gasteiger partial charge in [0, 0.05) is 19.1 Å². The summed E-state index contributed by atoms with van der Waals surface area (Å²) in [5.41, 5.74) is 5.26. The standard InChI is InChI=1S/C14H25N3O3/c1-20-14(19)11-5-12(16-6-10-3-2-4-10)8-17(7-11)9-13(15)18/h10-12,16H,2-9H2,1H3,(H2,15,18). The molecule has 0 bridgehead atoms. The fraction of sp³-hybridized carbons (Fsp3) is 0.857. The molecule has 0 aromatic heterocycles. The minimum atomic E-state index is -0.353. The average molecular weight is 283 g/mol. The number of hydrogen-bond donors (Lipinski definition) is 2. The Kier molecular flexibility index (Phi) is 5.37. The number of nitrogens with one attached hydrogen (secondary N) is 1. The van der Waals surface area contributed by atoms with Crippen molar-refractivity contribution in [1.29, 1.82) is 0 Å². The molecule has 1 saturated heterocycles. The second-order valence-corrected chi connectivity index (χ2v) is 6.02. The lowest BCUT2D eigenvalue weighted by Crippen LogP contribution is -2.53. The summed E-state index contributed by atoms with van der Waals surface area (Å²) in [4.78, 5) is 24.8. The molecule has 1 aliphatic carbocycles. The van der Waals surface area contributed by atoms with Crippen molar-refractivity contribution in [3.8, 4) is 0 Å². The van der Waals surface area contributed by atoms with Gasteiger partial charge in [0.1, 0.15) is 0 Å². The van der Waals surface area contributed by atoms with Crippen molar-refractivity contribution >= 4 is 11.9 Å². The third-order valence-corrected chi connectivity index (χ3v) is 4.36. The van der Waals surface area contributed by atoms with Crippen LogP contribution in [-0.2, 0) is 14.3 Å². The van der Waals surface area contributed by atoms with Gasteiger partial charge in [0.05, 0.1) is 19.6 Å². The number of likely N-dealkylation sites (tertiary alicyclic amines) is 1. The van der Waals surface area contributed by atoms with Crippen LogP contribution in [0.15, 0.2) is 0 Å². The van der Waals surface area contributed by atoms with E-state index in [1.807, 2.05) is 4.90 Å². The van der Waals surface area contributed by atoms with E-state index in [1.54, 1.807) is 0 Å². The molecule has 0 spiro atoms. The van der Waals surface area contributed by atoms with Gasteiger partial charge in [-0.3, -0.25) is 14.5 Å². The lowest BCUT2D eigenvalue weighted by atomic mass is 9.85. The molecule has 0 radical (unpaired) electrons. The Morgan fingerprint density at radius 2 is 2.10 bits per heavy atom. The van der Waals surface area contributed by atoms with E-state index in [0.717, 1.165) is 25.4 Å². The normalized spacial score (nSPS) is 27.9. The van der Waals surface area contributed by atoms with Crippen LogP contribution in [0, 0.1) is 11.8 Å². The molecule has 2 atom stereocenters. The first-order valence-corrected chi connectivity index (χ1v) is 7.40. The average Bonchev–Trinajstić information content (AvgIpc) is 2.35. The van der Waals surface area contributed by atoms with Crippen LogP contribution >= 0.6 is 0 Å². The molecule has 3 N–H and O–H groups in total. The van der Waals surface area contributed by atoms with Gasteiger partial charge in [0.25, 0.3) is 0 Å². The maximum Gasteiger partial charge on any atom is 0.310 e. The molecule has 2 fully saturated rings. The van der Waals surface area contributed by atoms with Crippen molar-refractivity contribution < 1.29 is 14.3 Å². The second kappa shape index (κ2) is 7.04. The van der Waals surface area contributed by atoms with Crippen molar-refractivity contribution in [1.82, 2.24) is 10.2 Å². The molecule has 1 aliphatic heterocycles. The van der Waals surface area contributed by atoms with Crippen molar-refractivity contribution in [2.75, 3.05) is 33.3 Å². The summed E-state index contributed by atoms with van der Waals surface area (Å²) in [7, 11) is 1.41. The third-order valence-electron chi connectivity index (χ3n) is 4.36.